The van der Waals surface area contributed by atoms with Crippen LogP contribution in [0.2, 0.25) is 0 Å². The van der Waals surface area contributed by atoms with Crippen molar-refractivity contribution in [3.8, 4) is 0 Å². The minimum Gasteiger partial charge on any atom is -0.444 e. The van der Waals surface area contributed by atoms with Crippen molar-refractivity contribution < 1.29 is 14.3 Å². The van der Waals surface area contributed by atoms with Gasteiger partial charge in [0.2, 0.25) is 0 Å². The zero-order valence-electron chi connectivity index (χ0n) is 10.3. The summed E-state index contributed by atoms with van der Waals surface area (Å²) in [7, 11) is 0. The molecule has 4 nitrogen and oxygen atoms in total. The van der Waals surface area contributed by atoms with Crippen molar-refractivity contribution in [3.05, 3.63) is 0 Å². The molecule has 1 aliphatic carbocycles. The Balaban J connectivity index is 2.13. The zero-order valence-corrected chi connectivity index (χ0v) is 10.3. The molecule has 0 unspecified atom stereocenters. The van der Waals surface area contributed by atoms with Gasteiger partial charge in [-0.05, 0) is 26.7 Å². The third kappa shape index (κ3) is 5.14. The Morgan fingerprint density at radius 1 is 1.31 bits per heavy atom. The second kappa shape index (κ2) is 5.32. The third-order valence-corrected chi connectivity index (χ3v) is 2.57. The fourth-order valence-electron chi connectivity index (χ4n) is 1.58. The van der Waals surface area contributed by atoms with Crippen LogP contribution in [0.3, 0.4) is 0 Å². The van der Waals surface area contributed by atoms with Crippen molar-refractivity contribution in [3.63, 3.8) is 0 Å². The van der Waals surface area contributed by atoms with Crippen LogP contribution in [0.4, 0.5) is 4.79 Å². The molecule has 92 valence electrons. The second-order valence-electron chi connectivity index (χ2n) is 5.40. The molecular formula is C12H21NO3. The van der Waals surface area contributed by atoms with Crippen LogP contribution in [-0.4, -0.2) is 24.0 Å². The Morgan fingerprint density at radius 3 is 2.38 bits per heavy atom. The molecular weight excluding hydrogens is 206 g/mol. The fraction of sp³-hybridized carbons (Fsp3) is 0.833. The number of hydrogen-bond acceptors (Lipinski definition) is 3. The van der Waals surface area contributed by atoms with Crippen LogP contribution in [0.15, 0.2) is 0 Å². The summed E-state index contributed by atoms with van der Waals surface area (Å²) in [6.07, 6.45) is 3.61. The SMILES string of the molecule is CC(C)(C)OC(=O)NCC(=O)CC1CCC1. The van der Waals surface area contributed by atoms with Gasteiger partial charge in [0, 0.05) is 6.42 Å². The number of ether oxygens (including phenoxy) is 1. The van der Waals surface area contributed by atoms with Crippen molar-refractivity contribution in [1.29, 1.82) is 0 Å². The number of rotatable bonds is 4. The number of carbonyl (C=O) groups is 2. The smallest absolute Gasteiger partial charge is 0.408 e. The summed E-state index contributed by atoms with van der Waals surface area (Å²) in [5, 5.41) is 2.48. The predicted octanol–water partition coefficient (Wildman–Crippen LogP) is 2.27. The largest absolute Gasteiger partial charge is 0.444 e. The van der Waals surface area contributed by atoms with Gasteiger partial charge in [0.15, 0.2) is 5.78 Å². The normalized spacial score (nSPS) is 16.4. The molecule has 0 aromatic heterocycles. The summed E-state index contributed by atoms with van der Waals surface area (Å²) in [4.78, 5) is 22.7. The first kappa shape index (κ1) is 13.0. The lowest BCUT2D eigenvalue weighted by Crippen LogP contribution is -2.36. The van der Waals surface area contributed by atoms with Gasteiger partial charge in [-0.25, -0.2) is 4.79 Å². The van der Waals surface area contributed by atoms with E-state index >= 15 is 0 Å². The molecule has 1 amide bonds. The van der Waals surface area contributed by atoms with Crippen molar-refractivity contribution in [2.24, 2.45) is 5.92 Å². The van der Waals surface area contributed by atoms with Crippen LogP contribution in [0.25, 0.3) is 0 Å². The molecule has 0 aliphatic heterocycles. The summed E-state index contributed by atoms with van der Waals surface area (Å²) >= 11 is 0. The second-order valence-corrected chi connectivity index (χ2v) is 5.40. The van der Waals surface area contributed by atoms with Gasteiger partial charge in [-0.2, -0.15) is 0 Å². The maximum absolute atomic E-state index is 11.4. The van der Waals surface area contributed by atoms with Crippen LogP contribution in [0, 0.1) is 5.92 Å². The Bertz CT molecular complexity index is 264. The Morgan fingerprint density at radius 2 is 1.94 bits per heavy atom. The van der Waals surface area contributed by atoms with Gasteiger partial charge >= 0.3 is 6.09 Å². The number of amides is 1. The van der Waals surface area contributed by atoms with Crippen molar-refractivity contribution in [2.75, 3.05) is 6.54 Å². The Labute approximate surface area is 96.7 Å². The van der Waals surface area contributed by atoms with Crippen LogP contribution >= 0.6 is 0 Å². The van der Waals surface area contributed by atoms with Crippen molar-refractivity contribution >= 4 is 11.9 Å². The molecule has 1 N–H and O–H groups in total. The average molecular weight is 227 g/mol. The van der Waals surface area contributed by atoms with Gasteiger partial charge in [0.1, 0.15) is 5.60 Å². The number of nitrogens with one attached hydrogen (secondary N) is 1. The van der Waals surface area contributed by atoms with Crippen molar-refractivity contribution in [2.45, 2.75) is 52.1 Å². The molecule has 0 spiro atoms. The van der Waals surface area contributed by atoms with Gasteiger partial charge < -0.3 is 10.1 Å². The van der Waals surface area contributed by atoms with Gasteiger partial charge in [0.25, 0.3) is 0 Å². The quantitative estimate of drug-likeness (QED) is 0.801. The van der Waals surface area contributed by atoms with E-state index in [1.54, 1.807) is 20.8 Å². The zero-order chi connectivity index (χ0) is 12.2. The molecule has 1 aliphatic rings. The summed E-state index contributed by atoms with van der Waals surface area (Å²) in [5.41, 5.74) is -0.513. The summed E-state index contributed by atoms with van der Waals surface area (Å²) < 4.78 is 5.03. The topological polar surface area (TPSA) is 55.4 Å². The van der Waals surface area contributed by atoms with E-state index in [1.807, 2.05) is 0 Å². The Hall–Kier alpha value is -1.06. The maximum Gasteiger partial charge on any atom is 0.408 e. The number of Topliss-reactive ketones (excluding diaryl/α,β-unsaturated/α-hetero) is 1. The fourth-order valence-corrected chi connectivity index (χ4v) is 1.58. The molecule has 0 aromatic rings. The molecule has 16 heavy (non-hydrogen) atoms. The molecule has 0 bridgehead atoms. The van der Waals surface area contributed by atoms with Crippen LogP contribution in [0.5, 0.6) is 0 Å². The maximum atomic E-state index is 11.4. The van der Waals surface area contributed by atoms with Crippen LogP contribution in [0.1, 0.15) is 46.5 Å². The van der Waals surface area contributed by atoms with Gasteiger partial charge in [-0.1, -0.05) is 19.3 Å². The predicted molar refractivity (Wildman–Crippen MR) is 61.2 cm³/mol. The van der Waals surface area contributed by atoms with E-state index in [0.717, 1.165) is 12.8 Å². The minimum absolute atomic E-state index is 0.0887. The van der Waals surface area contributed by atoms with E-state index in [9.17, 15) is 9.59 Å². The van der Waals surface area contributed by atoms with Crippen molar-refractivity contribution in [1.82, 2.24) is 5.32 Å². The highest BCUT2D eigenvalue weighted by molar-refractivity contribution is 5.84. The molecule has 0 aromatic carbocycles. The van der Waals surface area contributed by atoms with E-state index in [0.29, 0.717) is 12.3 Å². The lowest BCUT2D eigenvalue weighted by Gasteiger charge is -2.24. The van der Waals surface area contributed by atoms with E-state index < -0.39 is 11.7 Å². The highest BCUT2D eigenvalue weighted by Crippen LogP contribution is 2.29. The number of carbonyl (C=O) groups excluding carboxylic acids is 2. The summed E-state index contributed by atoms with van der Waals surface area (Å²) in [6, 6.07) is 0. The summed E-state index contributed by atoms with van der Waals surface area (Å²) in [5.74, 6) is 0.642. The van der Waals surface area contributed by atoms with E-state index in [-0.39, 0.29) is 12.3 Å². The third-order valence-electron chi connectivity index (χ3n) is 2.57. The molecule has 0 atom stereocenters. The molecule has 0 saturated heterocycles. The Kier molecular flexibility index (Phi) is 4.33. The van der Waals surface area contributed by atoms with E-state index in [2.05, 4.69) is 5.32 Å². The average Bonchev–Trinajstić information content (AvgIpc) is 2.05. The lowest BCUT2D eigenvalue weighted by atomic mass is 9.82. The molecule has 0 heterocycles. The number of ketones is 1. The van der Waals surface area contributed by atoms with Gasteiger partial charge in [-0.3, -0.25) is 4.79 Å². The van der Waals surface area contributed by atoms with Crippen LogP contribution in [-0.2, 0) is 9.53 Å². The molecule has 1 fully saturated rings. The number of alkyl carbamates (subject to hydrolysis) is 1. The lowest BCUT2D eigenvalue weighted by molar-refractivity contribution is -0.119. The van der Waals surface area contributed by atoms with Crippen LogP contribution < -0.4 is 5.32 Å². The summed E-state index contributed by atoms with van der Waals surface area (Å²) in [6.45, 7) is 5.47. The molecule has 1 saturated carbocycles. The van der Waals surface area contributed by atoms with E-state index in [4.69, 9.17) is 4.74 Å². The number of hydrogen-bond donors (Lipinski definition) is 1. The van der Waals surface area contributed by atoms with Gasteiger partial charge in [0.05, 0.1) is 6.54 Å². The van der Waals surface area contributed by atoms with Gasteiger partial charge in [-0.15, -0.1) is 0 Å². The molecule has 1 rings (SSSR count). The highest BCUT2D eigenvalue weighted by atomic mass is 16.6. The minimum atomic E-state index is -0.519. The first-order valence-electron chi connectivity index (χ1n) is 5.85. The standard InChI is InChI=1S/C12H21NO3/c1-12(2,3)16-11(15)13-8-10(14)7-9-5-4-6-9/h9H,4-8H2,1-3H3,(H,13,15). The first-order valence-corrected chi connectivity index (χ1v) is 5.85. The highest BCUT2D eigenvalue weighted by Gasteiger charge is 2.21. The molecule has 4 heteroatoms. The monoisotopic (exact) mass is 227 g/mol. The van der Waals surface area contributed by atoms with E-state index in [1.165, 1.54) is 6.42 Å². The first-order chi connectivity index (χ1) is 7.37. The molecule has 0 radical (unpaired) electrons.